The van der Waals surface area contributed by atoms with E-state index in [0.717, 1.165) is 22.3 Å². The van der Waals surface area contributed by atoms with Crippen molar-refractivity contribution in [3.05, 3.63) is 47.6 Å². The molecule has 9 heteroatoms. The molecule has 3 rings (SSSR count). The van der Waals surface area contributed by atoms with Crippen molar-refractivity contribution < 1.29 is 18.0 Å². The van der Waals surface area contributed by atoms with Crippen LogP contribution in [0.1, 0.15) is 12.5 Å². The van der Waals surface area contributed by atoms with Crippen molar-refractivity contribution in [3.63, 3.8) is 0 Å². The highest BCUT2D eigenvalue weighted by Crippen LogP contribution is 2.32. The molecule has 0 bridgehead atoms. The largest absolute Gasteiger partial charge is 0.416 e. The number of rotatable bonds is 4. The molecule has 1 amide bonds. The summed E-state index contributed by atoms with van der Waals surface area (Å²) in [6, 6.07) is 6.43. The summed E-state index contributed by atoms with van der Waals surface area (Å²) in [5.41, 5.74) is -0.697. The monoisotopic (exact) mass is 383 g/mol. The average Bonchev–Trinajstić information content (AvgIpc) is 3.04. The highest BCUT2D eigenvalue weighted by molar-refractivity contribution is 8.00. The van der Waals surface area contributed by atoms with E-state index in [0.29, 0.717) is 5.03 Å². The van der Waals surface area contributed by atoms with Crippen LogP contribution >= 0.6 is 23.1 Å². The quantitative estimate of drug-likeness (QED) is 0.518. The van der Waals surface area contributed by atoms with Gasteiger partial charge in [-0.25, -0.2) is 9.97 Å². The Balaban J connectivity index is 1.72. The lowest BCUT2D eigenvalue weighted by Crippen LogP contribution is -2.22. The number of alkyl halides is 3. The third-order valence-corrected chi connectivity index (χ3v) is 5.28. The van der Waals surface area contributed by atoms with Crippen LogP contribution in [0.15, 0.2) is 47.1 Å². The van der Waals surface area contributed by atoms with Crippen LogP contribution in [0.2, 0.25) is 0 Å². The third-order valence-electron chi connectivity index (χ3n) is 3.34. The Morgan fingerprint density at radius 1 is 1.28 bits per heavy atom. The zero-order chi connectivity index (χ0) is 18.0. The highest BCUT2D eigenvalue weighted by Gasteiger charge is 2.30. The normalized spacial score (nSPS) is 13.0. The molecular formula is C16H12F3N3OS2. The fraction of sp³-hybridized carbons (Fsp3) is 0.188. The number of nitrogens with zero attached hydrogens (tertiary/aromatic N) is 2. The van der Waals surface area contributed by atoms with Gasteiger partial charge in [-0.1, -0.05) is 17.8 Å². The number of benzene rings is 1. The molecule has 1 atom stereocenters. The lowest BCUT2D eigenvalue weighted by Gasteiger charge is -2.13. The van der Waals surface area contributed by atoms with Gasteiger partial charge in [0.1, 0.15) is 16.2 Å². The molecule has 3 aromatic rings. The summed E-state index contributed by atoms with van der Waals surface area (Å²) >= 11 is 2.71. The third kappa shape index (κ3) is 4.10. The number of fused-ring (bicyclic) bond motifs is 1. The molecule has 0 aliphatic heterocycles. The number of amides is 1. The molecule has 25 heavy (non-hydrogen) atoms. The van der Waals surface area contributed by atoms with Crippen LogP contribution in [-0.2, 0) is 11.0 Å². The van der Waals surface area contributed by atoms with E-state index >= 15 is 0 Å². The summed E-state index contributed by atoms with van der Waals surface area (Å²) in [6.45, 7) is 1.67. The number of halogens is 3. The topological polar surface area (TPSA) is 54.9 Å². The standard InChI is InChI=1S/C16H12F3N3OS2/c1-9(25-15-12-5-6-24-14(12)20-8-21-15)13(23)22-11-4-2-3-10(7-11)16(17,18)19/h2-9H,1H3,(H,22,23)/t9-/m1/s1. The SMILES string of the molecule is C[C@@H](Sc1ncnc2sccc12)C(=O)Nc1cccc(C(F)(F)F)c1. The summed E-state index contributed by atoms with van der Waals surface area (Å²) in [5.74, 6) is -0.397. The minimum Gasteiger partial charge on any atom is -0.325 e. The number of nitrogens with one attached hydrogen (secondary N) is 1. The van der Waals surface area contributed by atoms with Gasteiger partial charge in [0, 0.05) is 11.1 Å². The van der Waals surface area contributed by atoms with Crippen LogP contribution in [0.3, 0.4) is 0 Å². The summed E-state index contributed by atoms with van der Waals surface area (Å²) in [7, 11) is 0. The molecule has 0 unspecified atom stereocenters. The van der Waals surface area contributed by atoms with Gasteiger partial charge in [0.2, 0.25) is 5.91 Å². The van der Waals surface area contributed by atoms with E-state index in [4.69, 9.17) is 0 Å². The summed E-state index contributed by atoms with van der Waals surface area (Å²) in [4.78, 5) is 21.4. The van der Waals surface area contributed by atoms with Crippen molar-refractivity contribution in [1.29, 1.82) is 0 Å². The van der Waals surface area contributed by atoms with E-state index in [1.807, 2.05) is 11.4 Å². The van der Waals surface area contributed by atoms with Crippen molar-refractivity contribution >= 4 is 44.9 Å². The van der Waals surface area contributed by atoms with Gasteiger partial charge < -0.3 is 5.32 Å². The maximum atomic E-state index is 12.7. The second kappa shape index (κ2) is 7.01. The van der Waals surface area contributed by atoms with Crippen LogP contribution < -0.4 is 5.32 Å². The average molecular weight is 383 g/mol. The number of thiophene rings is 1. The number of carbonyl (C=O) groups is 1. The summed E-state index contributed by atoms with van der Waals surface area (Å²) < 4.78 is 38.2. The number of carbonyl (C=O) groups excluding carboxylic acids is 1. The van der Waals surface area contributed by atoms with Crippen LogP contribution in [0.25, 0.3) is 10.2 Å². The van der Waals surface area contributed by atoms with Crippen LogP contribution in [0.4, 0.5) is 18.9 Å². The van der Waals surface area contributed by atoms with Gasteiger partial charge in [-0.05, 0) is 36.6 Å². The smallest absolute Gasteiger partial charge is 0.325 e. The van der Waals surface area contributed by atoms with Gasteiger partial charge in [0.05, 0.1) is 10.8 Å². The van der Waals surface area contributed by atoms with Gasteiger partial charge in [-0.3, -0.25) is 4.79 Å². The highest BCUT2D eigenvalue weighted by atomic mass is 32.2. The van der Waals surface area contributed by atoms with Crippen LogP contribution in [0.5, 0.6) is 0 Å². The maximum absolute atomic E-state index is 12.7. The Labute approximate surface area is 149 Å². The van der Waals surface area contributed by atoms with Gasteiger partial charge in [-0.2, -0.15) is 13.2 Å². The van der Waals surface area contributed by atoms with Gasteiger partial charge in [0.25, 0.3) is 0 Å². The van der Waals surface area contributed by atoms with E-state index in [1.165, 1.54) is 41.6 Å². The van der Waals surface area contributed by atoms with Gasteiger partial charge in [0.15, 0.2) is 0 Å². The molecule has 0 fully saturated rings. The van der Waals surface area contributed by atoms with Gasteiger partial charge in [-0.15, -0.1) is 11.3 Å². The van der Waals surface area contributed by atoms with Gasteiger partial charge >= 0.3 is 6.18 Å². The molecule has 0 radical (unpaired) electrons. The number of hydrogen-bond acceptors (Lipinski definition) is 5. The molecule has 2 aromatic heterocycles. The molecule has 0 saturated carbocycles. The molecule has 0 saturated heterocycles. The molecule has 0 aliphatic rings. The molecule has 130 valence electrons. The van der Waals surface area contributed by atoms with Crippen LogP contribution in [0, 0.1) is 0 Å². The molecular weight excluding hydrogens is 371 g/mol. The Morgan fingerprint density at radius 3 is 2.84 bits per heavy atom. The number of hydrogen-bond donors (Lipinski definition) is 1. The molecule has 1 aromatic carbocycles. The lowest BCUT2D eigenvalue weighted by molar-refractivity contribution is -0.137. The predicted octanol–water partition coefficient (Wildman–Crippen LogP) is 4.83. The first-order valence-electron chi connectivity index (χ1n) is 7.17. The zero-order valence-electron chi connectivity index (χ0n) is 12.9. The van der Waals surface area contributed by atoms with E-state index in [-0.39, 0.29) is 5.69 Å². The Morgan fingerprint density at radius 2 is 2.08 bits per heavy atom. The van der Waals surface area contributed by atoms with Crippen molar-refractivity contribution in [2.24, 2.45) is 0 Å². The number of thioether (sulfide) groups is 1. The van der Waals surface area contributed by atoms with E-state index in [9.17, 15) is 18.0 Å². The van der Waals surface area contributed by atoms with E-state index < -0.39 is 22.9 Å². The minimum atomic E-state index is -4.45. The summed E-state index contributed by atoms with van der Waals surface area (Å²) in [6.07, 6.45) is -3.02. The fourth-order valence-electron chi connectivity index (χ4n) is 2.10. The Hall–Kier alpha value is -2.13. The molecule has 1 N–H and O–H groups in total. The minimum absolute atomic E-state index is 0.107. The first kappa shape index (κ1) is 17.7. The van der Waals surface area contributed by atoms with Crippen molar-refractivity contribution in [2.75, 3.05) is 5.32 Å². The molecule has 0 spiro atoms. The van der Waals surface area contributed by atoms with Crippen molar-refractivity contribution in [3.8, 4) is 0 Å². The Kier molecular flexibility index (Phi) is 4.96. The summed E-state index contributed by atoms with van der Waals surface area (Å²) in [5, 5.41) is 5.39. The lowest BCUT2D eigenvalue weighted by atomic mass is 10.2. The second-order valence-electron chi connectivity index (χ2n) is 5.15. The van der Waals surface area contributed by atoms with E-state index in [2.05, 4.69) is 15.3 Å². The van der Waals surface area contributed by atoms with Crippen molar-refractivity contribution in [2.45, 2.75) is 23.4 Å². The Bertz CT molecular complexity index is 911. The molecule has 4 nitrogen and oxygen atoms in total. The van der Waals surface area contributed by atoms with E-state index in [1.54, 1.807) is 6.92 Å². The zero-order valence-corrected chi connectivity index (χ0v) is 14.5. The van der Waals surface area contributed by atoms with Crippen LogP contribution in [-0.4, -0.2) is 21.1 Å². The maximum Gasteiger partial charge on any atom is 0.416 e. The van der Waals surface area contributed by atoms with Crippen molar-refractivity contribution in [1.82, 2.24) is 9.97 Å². The second-order valence-corrected chi connectivity index (χ2v) is 7.37. The molecule has 2 heterocycles. The first-order chi connectivity index (χ1) is 11.8. The first-order valence-corrected chi connectivity index (χ1v) is 8.93. The number of anilines is 1. The predicted molar refractivity (Wildman–Crippen MR) is 92.8 cm³/mol. The number of aromatic nitrogens is 2. The fourth-order valence-corrected chi connectivity index (χ4v) is 3.80. The molecule has 0 aliphatic carbocycles.